The third-order valence-electron chi connectivity index (χ3n) is 3.44. The van der Waals surface area contributed by atoms with Crippen LogP contribution in [0.5, 0.6) is 5.75 Å². The number of hydrogen-bond acceptors (Lipinski definition) is 3. The number of benzene rings is 2. The zero-order valence-electron chi connectivity index (χ0n) is 14.4. The molecule has 132 valence electrons. The summed E-state index contributed by atoms with van der Waals surface area (Å²) in [5, 5.41) is 5.66. The van der Waals surface area contributed by atoms with E-state index in [9.17, 15) is 9.59 Å². The minimum atomic E-state index is -0.248. The molecule has 25 heavy (non-hydrogen) atoms. The SMILES string of the molecule is COc1ccc(Br)c(C(=O)Nc2ccc(NC(=O)CC(C)C)cc2)c1. The molecule has 2 rings (SSSR count). The molecule has 0 saturated carbocycles. The molecule has 2 amide bonds. The lowest BCUT2D eigenvalue weighted by Crippen LogP contribution is -2.14. The van der Waals surface area contributed by atoms with Gasteiger partial charge in [-0.15, -0.1) is 0 Å². The monoisotopic (exact) mass is 404 g/mol. The lowest BCUT2D eigenvalue weighted by Gasteiger charge is -2.10. The normalized spacial score (nSPS) is 10.4. The van der Waals surface area contributed by atoms with Crippen LogP contribution in [0.3, 0.4) is 0 Å². The minimum Gasteiger partial charge on any atom is -0.497 e. The summed E-state index contributed by atoms with van der Waals surface area (Å²) in [4.78, 5) is 24.2. The van der Waals surface area contributed by atoms with Gasteiger partial charge in [-0.25, -0.2) is 0 Å². The third kappa shape index (κ3) is 5.60. The second kappa shape index (κ2) is 8.67. The highest BCUT2D eigenvalue weighted by Gasteiger charge is 2.12. The van der Waals surface area contributed by atoms with Crippen molar-refractivity contribution in [2.75, 3.05) is 17.7 Å². The Hall–Kier alpha value is -2.34. The molecule has 0 aliphatic carbocycles. The van der Waals surface area contributed by atoms with Crippen molar-refractivity contribution < 1.29 is 14.3 Å². The number of carbonyl (C=O) groups is 2. The quantitative estimate of drug-likeness (QED) is 0.733. The van der Waals surface area contributed by atoms with Crippen LogP contribution in [0.15, 0.2) is 46.9 Å². The number of nitrogens with one attached hydrogen (secondary N) is 2. The van der Waals surface area contributed by atoms with E-state index in [4.69, 9.17) is 4.74 Å². The smallest absolute Gasteiger partial charge is 0.256 e. The molecule has 0 aromatic heterocycles. The van der Waals surface area contributed by atoms with Crippen molar-refractivity contribution >= 4 is 39.1 Å². The summed E-state index contributed by atoms with van der Waals surface area (Å²) in [6.45, 7) is 3.99. The van der Waals surface area contributed by atoms with Gasteiger partial charge in [-0.05, 0) is 64.3 Å². The summed E-state index contributed by atoms with van der Waals surface area (Å²) < 4.78 is 5.83. The van der Waals surface area contributed by atoms with E-state index in [0.717, 1.165) is 0 Å². The van der Waals surface area contributed by atoms with Gasteiger partial charge in [0.25, 0.3) is 5.91 Å². The number of ether oxygens (including phenoxy) is 1. The standard InChI is InChI=1S/C19H21BrN2O3/c1-12(2)10-18(23)21-13-4-6-14(7-5-13)22-19(24)16-11-15(25-3)8-9-17(16)20/h4-9,11-12H,10H2,1-3H3,(H,21,23)(H,22,24). The van der Waals surface area contributed by atoms with Crippen molar-refractivity contribution in [2.24, 2.45) is 5.92 Å². The van der Waals surface area contributed by atoms with Crippen LogP contribution in [-0.2, 0) is 4.79 Å². The Labute approximate surface area is 155 Å². The lowest BCUT2D eigenvalue weighted by molar-refractivity contribution is -0.116. The molecule has 2 aromatic carbocycles. The summed E-state index contributed by atoms with van der Waals surface area (Å²) in [7, 11) is 1.55. The molecule has 0 aliphatic rings. The number of hydrogen-bond donors (Lipinski definition) is 2. The zero-order valence-corrected chi connectivity index (χ0v) is 16.0. The molecule has 0 bridgehead atoms. The molecule has 0 radical (unpaired) electrons. The molecule has 0 saturated heterocycles. The van der Waals surface area contributed by atoms with Gasteiger partial charge in [0.1, 0.15) is 5.75 Å². The van der Waals surface area contributed by atoms with E-state index >= 15 is 0 Å². The topological polar surface area (TPSA) is 67.4 Å². The fraction of sp³-hybridized carbons (Fsp3) is 0.263. The van der Waals surface area contributed by atoms with Crippen LogP contribution in [0.2, 0.25) is 0 Å². The Bertz CT molecular complexity index is 758. The maximum atomic E-state index is 12.4. The third-order valence-corrected chi connectivity index (χ3v) is 4.13. The Kier molecular flexibility index (Phi) is 6.58. The predicted molar refractivity (Wildman–Crippen MR) is 103 cm³/mol. The first-order valence-corrected chi connectivity index (χ1v) is 8.73. The number of methoxy groups -OCH3 is 1. The van der Waals surface area contributed by atoms with Crippen LogP contribution in [0.25, 0.3) is 0 Å². The number of carbonyl (C=O) groups excluding carboxylic acids is 2. The van der Waals surface area contributed by atoms with Crippen molar-refractivity contribution in [3.05, 3.63) is 52.5 Å². The lowest BCUT2D eigenvalue weighted by atomic mass is 10.1. The molecule has 2 aromatic rings. The maximum absolute atomic E-state index is 12.4. The van der Waals surface area contributed by atoms with E-state index in [1.165, 1.54) is 0 Å². The first kappa shape index (κ1) is 19.0. The number of anilines is 2. The van der Waals surface area contributed by atoms with Crippen LogP contribution in [0, 0.1) is 5.92 Å². The first-order valence-electron chi connectivity index (χ1n) is 7.94. The average Bonchev–Trinajstić information content (AvgIpc) is 2.56. The van der Waals surface area contributed by atoms with Gasteiger partial charge in [0.05, 0.1) is 12.7 Å². The van der Waals surface area contributed by atoms with Crippen molar-refractivity contribution in [3.63, 3.8) is 0 Å². The van der Waals surface area contributed by atoms with Crippen LogP contribution in [-0.4, -0.2) is 18.9 Å². The fourth-order valence-corrected chi connectivity index (χ4v) is 2.65. The molecule has 0 aliphatic heterocycles. The van der Waals surface area contributed by atoms with E-state index in [-0.39, 0.29) is 11.8 Å². The van der Waals surface area contributed by atoms with E-state index in [0.29, 0.717) is 39.5 Å². The average molecular weight is 405 g/mol. The van der Waals surface area contributed by atoms with Crippen LogP contribution < -0.4 is 15.4 Å². The van der Waals surface area contributed by atoms with Crippen LogP contribution in [0.4, 0.5) is 11.4 Å². The second-order valence-electron chi connectivity index (χ2n) is 6.02. The molecular weight excluding hydrogens is 384 g/mol. The molecule has 6 heteroatoms. The van der Waals surface area contributed by atoms with E-state index in [1.807, 2.05) is 13.8 Å². The Morgan fingerprint density at radius 2 is 1.64 bits per heavy atom. The molecule has 0 spiro atoms. The molecule has 2 N–H and O–H groups in total. The van der Waals surface area contributed by atoms with Crippen molar-refractivity contribution in [3.8, 4) is 5.75 Å². The van der Waals surface area contributed by atoms with Crippen LogP contribution >= 0.6 is 15.9 Å². The van der Waals surface area contributed by atoms with Gasteiger partial charge >= 0.3 is 0 Å². The molecule has 0 atom stereocenters. The first-order chi connectivity index (χ1) is 11.9. The fourth-order valence-electron chi connectivity index (χ4n) is 2.22. The summed E-state index contributed by atoms with van der Waals surface area (Å²) in [6.07, 6.45) is 0.475. The van der Waals surface area contributed by atoms with E-state index < -0.39 is 0 Å². The highest BCUT2D eigenvalue weighted by molar-refractivity contribution is 9.10. The maximum Gasteiger partial charge on any atom is 0.256 e. The van der Waals surface area contributed by atoms with Crippen molar-refractivity contribution in [1.82, 2.24) is 0 Å². The highest BCUT2D eigenvalue weighted by atomic mass is 79.9. The number of amides is 2. The van der Waals surface area contributed by atoms with Gasteiger partial charge in [0.2, 0.25) is 5.91 Å². The van der Waals surface area contributed by atoms with Gasteiger partial charge in [0.15, 0.2) is 0 Å². The molecule has 0 fully saturated rings. The summed E-state index contributed by atoms with van der Waals surface area (Å²) in [6, 6.07) is 12.2. The minimum absolute atomic E-state index is 0.0212. The van der Waals surface area contributed by atoms with Crippen LogP contribution in [0.1, 0.15) is 30.6 Å². The zero-order chi connectivity index (χ0) is 18.4. The number of halogens is 1. The Morgan fingerprint density at radius 3 is 2.20 bits per heavy atom. The summed E-state index contributed by atoms with van der Waals surface area (Å²) >= 11 is 3.37. The van der Waals surface area contributed by atoms with Crippen molar-refractivity contribution in [1.29, 1.82) is 0 Å². The van der Waals surface area contributed by atoms with Gasteiger partial charge in [-0.3, -0.25) is 9.59 Å². The largest absolute Gasteiger partial charge is 0.497 e. The summed E-state index contributed by atoms with van der Waals surface area (Å²) in [5.41, 5.74) is 1.82. The number of rotatable bonds is 6. The van der Waals surface area contributed by atoms with Gasteiger partial charge < -0.3 is 15.4 Å². The Balaban J connectivity index is 2.03. The van der Waals surface area contributed by atoms with Gasteiger partial charge in [-0.2, -0.15) is 0 Å². The second-order valence-corrected chi connectivity index (χ2v) is 6.88. The predicted octanol–water partition coefficient (Wildman–Crippen LogP) is 4.69. The molecule has 0 heterocycles. The highest BCUT2D eigenvalue weighted by Crippen LogP contribution is 2.24. The van der Waals surface area contributed by atoms with E-state index in [1.54, 1.807) is 49.6 Å². The van der Waals surface area contributed by atoms with Gasteiger partial charge in [0, 0.05) is 22.3 Å². The Morgan fingerprint density at radius 1 is 1.04 bits per heavy atom. The van der Waals surface area contributed by atoms with Crippen molar-refractivity contribution in [2.45, 2.75) is 20.3 Å². The van der Waals surface area contributed by atoms with Gasteiger partial charge in [-0.1, -0.05) is 13.8 Å². The molecular formula is C19H21BrN2O3. The molecule has 5 nitrogen and oxygen atoms in total. The molecule has 0 unspecified atom stereocenters. The van der Waals surface area contributed by atoms with E-state index in [2.05, 4.69) is 26.6 Å². The summed E-state index contributed by atoms with van der Waals surface area (Å²) in [5.74, 6) is 0.644.